The second-order valence-electron chi connectivity index (χ2n) is 10.3. The predicted molar refractivity (Wildman–Crippen MR) is 174 cm³/mol. The van der Waals surface area contributed by atoms with Gasteiger partial charge in [-0.2, -0.15) is 5.10 Å². The molecule has 0 bridgehead atoms. The van der Waals surface area contributed by atoms with Crippen LogP contribution in [0, 0.1) is 0 Å². The largest absolute Gasteiger partial charge is 0.493 e. The number of nitrogens with zero attached hydrogens (tertiary/aromatic N) is 4. The van der Waals surface area contributed by atoms with Crippen LogP contribution in [0.25, 0.3) is 0 Å². The Kier molecular flexibility index (Phi) is 9.26. The van der Waals surface area contributed by atoms with Gasteiger partial charge < -0.3 is 14.4 Å². The number of methoxy groups -OCH3 is 2. The lowest BCUT2D eigenvalue weighted by atomic mass is 9.97. The van der Waals surface area contributed by atoms with Crippen molar-refractivity contribution in [2.75, 3.05) is 56.0 Å². The van der Waals surface area contributed by atoms with E-state index >= 15 is 0 Å². The van der Waals surface area contributed by atoms with E-state index in [1.54, 1.807) is 33.4 Å². The van der Waals surface area contributed by atoms with E-state index in [-0.39, 0.29) is 5.24 Å². The number of nitrogens with one attached hydrogen (secondary N) is 1. The molecule has 0 unspecified atom stereocenters. The first kappa shape index (κ1) is 30.4. The average molecular weight is 622 g/mol. The van der Waals surface area contributed by atoms with Gasteiger partial charge in [-0.15, -0.1) is 0 Å². The third-order valence-electron chi connectivity index (χ3n) is 7.22. The van der Waals surface area contributed by atoms with Gasteiger partial charge in [-0.1, -0.05) is 30.0 Å². The number of carbonyl (C=O) groups excluding carboxylic acids is 1. The van der Waals surface area contributed by atoms with Crippen molar-refractivity contribution in [3.8, 4) is 11.5 Å². The van der Waals surface area contributed by atoms with E-state index in [0.717, 1.165) is 59.6 Å². The number of rotatable bonds is 9. The zero-order valence-electron chi connectivity index (χ0n) is 24.7. The Labute approximate surface area is 256 Å². The zero-order valence-corrected chi connectivity index (χ0v) is 26.3. The molecule has 3 aromatic rings. The SMILES string of the molecule is COc1ccc(C(=NCCc2ccc(NS(C)(=O)=O)cc2)N2CCCc3cc(C4=NN(C)C(=O)SC4)ccc32)cc1OC. The van der Waals surface area contributed by atoms with Crippen LogP contribution in [-0.4, -0.2) is 76.6 Å². The summed E-state index contributed by atoms with van der Waals surface area (Å²) < 4.78 is 36.7. The monoisotopic (exact) mass is 621 g/mol. The summed E-state index contributed by atoms with van der Waals surface area (Å²) in [5.74, 6) is 2.66. The highest BCUT2D eigenvalue weighted by molar-refractivity contribution is 8.14. The number of ether oxygens (including phenoxy) is 2. The number of hydrogen-bond donors (Lipinski definition) is 1. The maximum atomic E-state index is 11.9. The maximum absolute atomic E-state index is 11.9. The molecular formula is C31H35N5O5S2. The van der Waals surface area contributed by atoms with Crippen LogP contribution in [0.1, 0.15) is 28.7 Å². The fourth-order valence-electron chi connectivity index (χ4n) is 5.16. The van der Waals surface area contributed by atoms with E-state index in [0.29, 0.717) is 35.9 Å². The van der Waals surface area contributed by atoms with E-state index in [4.69, 9.17) is 14.5 Å². The van der Waals surface area contributed by atoms with Gasteiger partial charge in [-0.25, -0.2) is 13.4 Å². The molecule has 12 heteroatoms. The van der Waals surface area contributed by atoms with Gasteiger partial charge in [-0.3, -0.25) is 14.5 Å². The molecule has 226 valence electrons. The summed E-state index contributed by atoms with van der Waals surface area (Å²) in [6.45, 7) is 1.33. The summed E-state index contributed by atoms with van der Waals surface area (Å²) in [4.78, 5) is 19.3. The third kappa shape index (κ3) is 7.31. The standard InChI is InChI=1S/C31H35N5O5S2/c1-35-31(37)42-20-26(33-35)22-9-13-27-23(18-22)6-5-17-36(27)30(24-10-14-28(40-2)29(19-24)41-3)32-16-15-21-7-11-25(12-8-21)34-43(4,38)39/h7-14,18-19,34H,5-6,15-17,20H2,1-4H3. The molecule has 5 rings (SSSR count). The number of thioether (sulfide) groups is 1. The highest BCUT2D eigenvalue weighted by atomic mass is 32.2. The Morgan fingerprint density at radius 2 is 1.81 bits per heavy atom. The van der Waals surface area contributed by atoms with Crippen LogP contribution in [0.2, 0.25) is 0 Å². The molecule has 0 aliphatic carbocycles. The minimum Gasteiger partial charge on any atom is -0.493 e. The summed E-state index contributed by atoms with van der Waals surface area (Å²) in [5.41, 5.74) is 6.69. The van der Waals surface area contributed by atoms with Crippen LogP contribution in [0.5, 0.6) is 11.5 Å². The van der Waals surface area contributed by atoms with E-state index in [1.165, 1.54) is 22.3 Å². The molecule has 0 spiro atoms. The van der Waals surface area contributed by atoms with Gasteiger partial charge in [-0.05, 0) is 78.4 Å². The van der Waals surface area contributed by atoms with Gasteiger partial charge in [0.1, 0.15) is 5.84 Å². The summed E-state index contributed by atoms with van der Waals surface area (Å²) >= 11 is 1.26. The van der Waals surface area contributed by atoms with Gasteiger partial charge >= 0.3 is 5.24 Å². The highest BCUT2D eigenvalue weighted by Crippen LogP contribution is 2.33. The van der Waals surface area contributed by atoms with Gasteiger partial charge in [0.25, 0.3) is 0 Å². The van der Waals surface area contributed by atoms with Crippen LogP contribution < -0.4 is 19.1 Å². The predicted octanol–water partition coefficient (Wildman–Crippen LogP) is 5.02. The molecule has 2 aliphatic heterocycles. The number of hydrogen-bond acceptors (Lipinski definition) is 8. The third-order valence-corrected chi connectivity index (χ3v) is 8.75. The summed E-state index contributed by atoms with van der Waals surface area (Å²) in [7, 11) is 1.59. The average Bonchev–Trinajstić information content (AvgIpc) is 3.00. The summed E-state index contributed by atoms with van der Waals surface area (Å²) in [6.07, 6.45) is 3.70. The number of fused-ring (bicyclic) bond motifs is 1. The quantitative estimate of drug-likeness (QED) is 0.264. The topological polar surface area (TPSA) is 113 Å². The number of aliphatic imine (C=N–C) groups is 1. The molecule has 10 nitrogen and oxygen atoms in total. The first-order chi connectivity index (χ1) is 20.6. The van der Waals surface area contributed by atoms with Crippen molar-refractivity contribution >= 4 is 49.9 Å². The Morgan fingerprint density at radius 1 is 1.05 bits per heavy atom. The molecule has 0 saturated carbocycles. The highest BCUT2D eigenvalue weighted by Gasteiger charge is 2.25. The molecule has 1 amide bonds. The molecule has 2 aliphatic rings. The molecule has 3 aromatic carbocycles. The Bertz CT molecular complexity index is 1670. The van der Waals surface area contributed by atoms with Crippen molar-refractivity contribution < 1.29 is 22.7 Å². The van der Waals surface area contributed by atoms with E-state index in [9.17, 15) is 13.2 Å². The zero-order chi connectivity index (χ0) is 30.6. The number of amidine groups is 1. The van der Waals surface area contributed by atoms with Crippen LogP contribution in [-0.2, 0) is 22.9 Å². The van der Waals surface area contributed by atoms with Crippen molar-refractivity contribution in [3.05, 3.63) is 82.9 Å². The number of anilines is 2. The van der Waals surface area contributed by atoms with Crippen LogP contribution in [0.4, 0.5) is 16.2 Å². The van der Waals surface area contributed by atoms with Gasteiger partial charge in [0, 0.05) is 42.8 Å². The molecule has 0 fully saturated rings. The first-order valence-corrected chi connectivity index (χ1v) is 16.8. The molecule has 43 heavy (non-hydrogen) atoms. The lowest BCUT2D eigenvalue weighted by molar-refractivity contribution is 0.235. The second-order valence-corrected chi connectivity index (χ2v) is 13.0. The van der Waals surface area contributed by atoms with Crippen LogP contribution >= 0.6 is 11.8 Å². The Hall–Kier alpha value is -4.03. The first-order valence-electron chi connectivity index (χ1n) is 13.9. The molecule has 2 heterocycles. The minimum atomic E-state index is -3.33. The Balaban J connectivity index is 1.46. The number of hydrazone groups is 1. The smallest absolute Gasteiger partial charge is 0.301 e. The molecule has 0 saturated heterocycles. The fraction of sp³-hybridized carbons (Fsp3) is 0.323. The molecule has 0 aromatic heterocycles. The fourth-order valence-corrected chi connectivity index (χ4v) is 6.44. The van der Waals surface area contributed by atoms with Gasteiger partial charge in [0.2, 0.25) is 10.0 Å². The Morgan fingerprint density at radius 3 is 2.51 bits per heavy atom. The van der Waals surface area contributed by atoms with Crippen molar-refractivity contribution in [1.82, 2.24) is 5.01 Å². The molecule has 1 N–H and O–H groups in total. The number of benzene rings is 3. The minimum absolute atomic E-state index is 0.0508. The maximum Gasteiger partial charge on any atom is 0.301 e. The van der Waals surface area contributed by atoms with E-state index in [1.807, 2.05) is 30.3 Å². The van der Waals surface area contributed by atoms with Gasteiger partial charge in [0.05, 0.1) is 26.2 Å². The van der Waals surface area contributed by atoms with Crippen molar-refractivity contribution in [1.29, 1.82) is 0 Å². The van der Waals surface area contributed by atoms with Crippen molar-refractivity contribution in [2.45, 2.75) is 19.3 Å². The van der Waals surface area contributed by atoms with Crippen LogP contribution in [0.3, 0.4) is 0 Å². The molecule has 0 radical (unpaired) electrons. The summed E-state index contributed by atoms with van der Waals surface area (Å²) in [5, 5.41) is 5.84. The second kappa shape index (κ2) is 13.1. The lowest BCUT2D eigenvalue weighted by Gasteiger charge is -2.33. The number of aryl methyl sites for hydroxylation is 1. The van der Waals surface area contributed by atoms with Gasteiger partial charge in [0.15, 0.2) is 11.5 Å². The summed E-state index contributed by atoms with van der Waals surface area (Å²) in [6, 6.07) is 19.6. The van der Waals surface area contributed by atoms with E-state index in [2.05, 4.69) is 32.9 Å². The lowest BCUT2D eigenvalue weighted by Crippen LogP contribution is -2.36. The number of amides is 1. The van der Waals surface area contributed by atoms with Crippen molar-refractivity contribution in [3.63, 3.8) is 0 Å². The number of carbonyl (C=O) groups is 1. The number of sulfonamides is 1. The van der Waals surface area contributed by atoms with Crippen molar-refractivity contribution in [2.24, 2.45) is 10.1 Å². The van der Waals surface area contributed by atoms with E-state index < -0.39 is 10.0 Å². The molecule has 0 atom stereocenters. The van der Waals surface area contributed by atoms with Crippen LogP contribution in [0.15, 0.2) is 70.8 Å². The molecular weight excluding hydrogens is 587 g/mol. The normalized spacial score (nSPS) is 15.6.